The highest BCUT2D eigenvalue weighted by atomic mass is 19.1. The van der Waals surface area contributed by atoms with Crippen LogP contribution < -0.4 is 5.56 Å². The molecule has 0 aliphatic carbocycles. The van der Waals surface area contributed by atoms with Gasteiger partial charge in [0.2, 0.25) is 0 Å². The van der Waals surface area contributed by atoms with Crippen LogP contribution in [0.3, 0.4) is 0 Å². The molecular weight excluding hydrogens is 307 g/mol. The molecule has 2 rings (SSSR count). The third kappa shape index (κ3) is 4.41. The Balaban J connectivity index is 2.45. The number of carbonyl (C=O) groups is 1. The first-order valence-corrected chi connectivity index (χ1v) is 7.93. The molecule has 0 aliphatic rings. The fourth-order valence-electron chi connectivity index (χ4n) is 2.27. The number of aromatic nitrogens is 1. The lowest BCUT2D eigenvalue weighted by atomic mass is 10.1. The molecule has 0 unspecified atom stereocenters. The Bertz CT molecular complexity index is 778. The average molecular weight is 328 g/mol. The molecule has 1 aromatic carbocycles. The molecule has 1 amide bonds. The standard InChI is InChI=1S/C19H21FN2O2/c1-3-4-12-21(2)19(24)17(22-13-6-5-7-18(22)23)14-15-8-10-16(20)11-9-15/h5-11,13-14H,3-4,12H2,1-2H3. The van der Waals surface area contributed by atoms with Crippen LogP contribution in [0.2, 0.25) is 0 Å². The molecule has 2 aromatic rings. The number of amides is 1. The monoisotopic (exact) mass is 328 g/mol. The van der Waals surface area contributed by atoms with Crippen LogP contribution in [0.25, 0.3) is 11.8 Å². The maximum absolute atomic E-state index is 13.1. The molecule has 0 saturated carbocycles. The Morgan fingerprint density at radius 2 is 1.92 bits per heavy atom. The number of halogens is 1. The summed E-state index contributed by atoms with van der Waals surface area (Å²) in [5.41, 5.74) is 0.605. The fraction of sp³-hybridized carbons (Fsp3) is 0.263. The van der Waals surface area contributed by atoms with E-state index < -0.39 is 0 Å². The van der Waals surface area contributed by atoms with Crippen LogP contribution in [0.4, 0.5) is 4.39 Å². The lowest BCUT2D eigenvalue weighted by molar-refractivity contribution is -0.124. The van der Waals surface area contributed by atoms with Crippen molar-refractivity contribution in [2.45, 2.75) is 19.8 Å². The van der Waals surface area contributed by atoms with Gasteiger partial charge in [-0.2, -0.15) is 0 Å². The molecule has 24 heavy (non-hydrogen) atoms. The molecule has 1 aromatic heterocycles. The van der Waals surface area contributed by atoms with Gasteiger partial charge in [-0.3, -0.25) is 14.2 Å². The summed E-state index contributed by atoms with van der Waals surface area (Å²) >= 11 is 0. The first kappa shape index (κ1) is 17.7. The van der Waals surface area contributed by atoms with Gasteiger partial charge >= 0.3 is 0 Å². The third-order valence-electron chi connectivity index (χ3n) is 3.67. The molecule has 0 N–H and O–H groups in total. The summed E-state index contributed by atoms with van der Waals surface area (Å²) in [6.45, 7) is 2.66. The van der Waals surface area contributed by atoms with E-state index in [9.17, 15) is 14.0 Å². The average Bonchev–Trinajstić information content (AvgIpc) is 2.59. The molecule has 0 atom stereocenters. The van der Waals surface area contributed by atoms with Gasteiger partial charge in [-0.25, -0.2) is 4.39 Å². The summed E-state index contributed by atoms with van der Waals surface area (Å²) in [7, 11) is 1.71. The first-order valence-electron chi connectivity index (χ1n) is 7.93. The van der Waals surface area contributed by atoms with Gasteiger partial charge in [-0.15, -0.1) is 0 Å². The van der Waals surface area contributed by atoms with E-state index in [1.54, 1.807) is 48.5 Å². The third-order valence-corrected chi connectivity index (χ3v) is 3.67. The highest BCUT2D eigenvalue weighted by molar-refractivity contribution is 6.18. The highest BCUT2D eigenvalue weighted by Gasteiger charge is 2.17. The van der Waals surface area contributed by atoms with Crippen LogP contribution in [-0.2, 0) is 4.79 Å². The molecule has 0 radical (unpaired) electrons. The zero-order valence-electron chi connectivity index (χ0n) is 13.9. The summed E-state index contributed by atoms with van der Waals surface area (Å²) in [4.78, 5) is 26.5. The molecule has 0 aliphatic heterocycles. The summed E-state index contributed by atoms with van der Waals surface area (Å²) < 4.78 is 14.4. The summed E-state index contributed by atoms with van der Waals surface area (Å²) in [5, 5.41) is 0. The Hall–Kier alpha value is -2.69. The Morgan fingerprint density at radius 1 is 1.21 bits per heavy atom. The number of benzene rings is 1. The molecule has 0 fully saturated rings. The second kappa shape index (κ2) is 8.24. The summed E-state index contributed by atoms with van der Waals surface area (Å²) in [5.74, 6) is -0.599. The minimum atomic E-state index is -0.350. The van der Waals surface area contributed by atoms with Crippen LogP contribution in [0.5, 0.6) is 0 Å². The predicted molar refractivity (Wildman–Crippen MR) is 93.8 cm³/mol. The van der Waals surface area contributed by atoms with Crippen molar-refractivity contribution >= 4 is 17.7 Å². The van der Waals surface area contributed by atoms with Gasteiger partial charge in [0.25, 0.3) is 11.5 Å². The van der Waals surface area contributed by atoms with Crippen molar-refractivity contribution in [3.63, 3.8) is 0 Å². The van der Waals surface area contributed by atoms with E-state index in [4.69, 9.17) is 0 Å². The summed E-state index contributed by atoms with van der Waals surface area (Å²) in [6, 6.07) is 10.5. The van der Waals surface area contributed by atoms with Crippen LogP contribution in [0.1, 0.15) is 25.3 Å². The number of carbonyl (C=O) groups excluding carboxylic acids is 1. The second-order valence-electron chi connectivity index (χ2n) is 5.57. The highest BCUT2D eigenvalue weighted by Crippen LogP contribution is 2.14. The second-order valence-corrected chi connectivity index (χ2v) is 5.57. The normalized spacial score (nSPS) is 11.4. The van der Waals surface area contributed by atoms with Gasteiger partial charge < -0.3 is 4.90 Å². The van der Waals surface area contributed by atoms with Crippen molar-refractivity contribution in [2.75, 3.05) is 13.6 Å². The van der Waals surface area contributed by atoms with Gasteiger partial charge in [0.15, 0.2) is 0 Å². The van der Waals surface area contributed by atoms with Crippen LogP contribution in [0.15, 0.2) is 53.5 Å². The van der Waals surface area contributed by atoms with E-state index in [2.05, 4.69) is 6.92 Å². The number of pyridine rings is 1. The zero-order chi connectivity index (χ0) is 17.5. The van der Waals surface area contributed by atoms with Crippen molar-refractivity contribution in [3.05, 3.63) is 70.4 Å². The fourth-order valence-corrected chi connectivity index (χ4v) is 2.27. The van der Waals surface area contributed by atoms with Gasteiger partial charge in [0, 0.05) is 25.9 Å². The molecular formula is C19H21FN2O2. The molecule has 0 saturated heterocycles. The number of unbranched alkanes of at least 4 members (excludes halogenated alkanes) is 1. The van der Waals surface area contributed by atoms with E-state index in [1.807, 2.05) is 0 Å². The maximum atomic E-state index is 13.1. The van der Waals surface area contributed by atoms with Crippen molar-refractivity contribution in [1.29, 1.82) is 0 Å². The van der Waals surface area contributed by atoms with Crippen molar-refractivity contribution < 1.29 is 9.18 Å². The first-order chi connectivity index (χ1) is 11.5. The minimum absolute atomic E-state index is 0.241. The van der Waals surface area contributed by atoms with E-state index in [0.717, 1.165) is 12.8 Å². The number of nitrogens with zero attached hydrogens (tertiary/aromatic N) is 2. The number of rotatable bonds is 6. The van der Waals surface area contributed by atoms with Crippen LogP contribution in [-0.4, -0.2) is 29.0 Å². The largest absolute Gasteiger partial charge is 0.340 e. The van der Waals surface area contributed by atoms with Gasteiger partial charge in [0.1, 0.15) is 11.5 Å². The van der Waals surface area contributed by atoms with Crippen molar-refractivity contribution in [1.82, 2.24) is 9.47 Å². The van der Waals surface area contributed by atoms with Crippen molar-refractivity contribution in [2.24, 2.45) is 0 Å². The Labute approximate surface area is 140 Å². The van der Waals surface area contributed by atoms with E-state index >= 15 is 0 Å². The van der Waals surface area contributed by atoms with Crippen LogP contribution >= 0.6 is 0 Å². The number of likely N-dealkylation sites (N-methyl/N-ethyl adjacent to an activating group) is 1. The Morgan fingerprint density at radius 3 is 2.54 bits per heavy atom. The molecule has 4 nitrogen and oxygen atoms in total. The quantitative estimate of drug-likeness (QED) is 0.764. The lowest BCUT2D eigenvalue weighted by Crippen LogP contribution is -2.33. The van der Waals surface area contributed by atoms with E-state index in [0.29, 0.717) is 12.1 Å². The smallest absolute Gasteiger partial charge is 0.270 e. The molecule has 0 spiro atoms. The number of hydrogen-bond donors (Lipinski definition) is 0. The van der Waals surface area contributed by atoms with Gasteiger partial charge in [-0.1, -0.05) is 31.5 Å². The van der Waals surface area contributed by atoms with E-state index in [1.165, 1.54) is 22.8 Å². The molecule has 1 heterocycles. The molecule has 0 bridgehead atoms. The topological polar surface area (TPSA) is 42.3 Å². The van der Waals surface area contributed by atoms with Gasteiger partial charge in [0.05, 0.1) is 0 Å². The maximum Gasteiger partial charge on any atom is 0.270 e. The number of hydrogen-bond acceptors (Lipinski definition) is 2. The SMILES string of the molecule is CCCCN(C)C(=O)C(=Cc1ccc(F)cc1)n1ccccc1=O. The van der Waals surface area contributed by atoms with Crippen molar-refractivity contribution in [3.8, 4) is 0 Å². The molecule has 5 heteroatoms. The minimum Gasteiger partial charge on any atom is -0.340 e. The van der Waals surface area contributed by atoms with E-state index in [-0.39, 0.29) is 23.0 Å². The van der Waals surface area contributed by atoms with Gasteiger partial charge in [-0.05, 0) is 36.3 Å². The zero-order valence-corrected chi connectivity index (χ0v) is 13.9. The summed E-state index contributed by atoms with van der Waals surface area (Å²) in [6.07, 6.45) is 5.02. The Kier molecular flexibility index (Phi) is 6.07. The van der Waals surface area contributed by atoms with Crippen LogP contribution in [0, 0.1) is 5.82 Å². The lowest BCUT2D eigenvalue weighted by Gasteiger charge is -2.19. The molecule has 126 valence electrons. The predicted octanol–water partition coefficient (Wildman–Crippen LogP) is 3.24.